The summed E-state index contributed by atoms with van der Waals surface area (Å²) in [5.74, 6) is 0.782. The van der Waals surface area contributed by atoms with E-state index in [2.05, 4.69) is 5.32 Å². The highest BCUT2D eigenvalue weighted by molar-refractivity contribution is 5.79. The largest absolute Gasteiger partial charge is 0.494 e. The molecule has 1 saturated heterocycles. The van der Waals surface area contributed by atoms with Crippen LogP contribution in [0.15, 0.2) is 24.3 Å². The molecule has 0 radical (unpaired) electrons. The summed E-state index contributed by atoms with van der Waals surface area (Å²) in [6, 6.07) is 7.73. The Hall–Kier alpha value is -2.24. The molecule has 2 rings (SSSR count). The van der Waals surface area contributed by atoms with Gasteiger partial charge in [-0.25, -0.2) is 4.79 Å². The summed E-state index contributed by atoms with van der Waals surface area (Å²) < 4.78 is 10.9. The minimum Gasteiger partial charge on any atom is -0.494 e. The van der Waals surface area contributed by atoms with Crippen molar-refractivity contribution in [1.29, 1.82) is 0 Å². The lowest BCUT2D eigenvalue weighted by molar-refractivity contribution is -0.126. The van der Waals surface area contributed by atoms with Crippen molar-refractivity contribution < 1.29 is 19.1 Å². The van der Waals surface area contributed by atoms with Crippen LogP contribution in [0.3, 0.4) is 0 Å². The van der Waals surface area contributed by atoms with Gasteiger partial charge in [-0.2, -0.15) is 0 Å². The van der Waals surface area contributed by atoms with Crippen molar-refractivity contribution in [2.24, 2.45) is 5.92 Å². The van der Waals surface area contributed by atoms with E-state index in [1.807, 2.05) is 52.0 Å². The van der Waals surface area contributed by atoms with Gasteiger partial charge in [0.05, 0.1) is 6.61 Å². The molecule has 0 atom stereocenters. The van der Waals surface area contributed by atoms with Crippen LogP contribution in [-0.2, 0) is 16.1 Å². The SMILES string of the molecule is CCOc1cccc(CNC(=O)C2CCN(C(=O)OC(C)(C)C)CC2)c1. The molecule has 2 amide bonds. The van der Waals surface area contributed by atoms with Crippen molar-refractivity contribution in [3.8, 4) is 5.75 Å². The second-order valence-corrected chi connectivity index (χ2v) is 7.54. The average molecular weight is 362 g/mol. The van der Waals surface area contributed by atoms with Crippen molar-refractivity contribution in [1.82, 2.24) is 10.2 Å². The summed E-state index contributed by atoms with van der Waals surface area (Å²) in [6.07, 6.45) is 1.01. The summed E-state index contributed by atoms with van der Waals surface area (Å²) in [6.45, 7) is 9.69. The van der Waals surface area contributed by atoms with Crippen molar-refractivity contribution in [3.63, 3.8) is 0 Å². The smallest absolute Gasteiger partial charge is 0.410 e. The number of amides is 2. The Morgan fingerprint density at radius 3 is 2.54 bits per heavy atom. The molecule has 0 aliphatic carbocycles. The van der Waals surface area contributed by atoms with E-state index in [9.17, 15) is 9.59 Å². The van der Waals surface area contributed by atoms with Gasteiger partial charge < -0.3 is 19.7 Å². The number of hydrogen-bond acceptors (Lipinski definition) is 4. The Morgan fingerprint density at radius 1 is 1.23 bits per heavy atom. The second kappa shape index (κ2) is 8.92. The third kappa shape index (κ3) is 6.24. The third-order valence-corrected chi connectivity index (χ3v) is 4.19. The molecule has 1 fully saturated rings. The van der Waals surface area contributed by atoms with Crippen LogP contribution in [0.2, 0.25) is 0 Å². The molecule has 0 aromatic heterocycles. The van der Waals surface area contributed by atoms with Crippen LogP contribution < -0.4 is 10.1 Å². The highest BCUT2D eigenvalue weighted by Crippen LogP contribution is 2.20. The molecule has 1 aliphatic heterocycles. The van der Waals surface area contributed by atoms with Crippen LogP contribution in [-0.4, -0.2) is 42.2 Å². The van der Waals surface area contributed by atoms with Gasteiger partial charge in [0, 0.05) is 25.6 Å². The highest BCUT2D eigenvalue weighted by atomic mass is 16.6. The molecule has 6 heteroatoms. The quantitative estimate of drug-likeness (QED) is 0.872. The minimum atomic E-state index is -0.499. The molecule has 1 aromatic rings. The summed E-state index contributed by atoms with van der Waals surface area (Å²) in [7, 11) is 0. The van der Waals surface area contributed by atoms with E-state index in [4.69, 9.17) is 9.47 Å². The first-order valence-corrected chi connectivity index (χ1v) is 9.26. The highest BCUT2D eigenvalue weighted by Gasteiger charge is 2.29. The van der Waals surface area contributed by atoms with Crippen LogP contribution in [0.1, 0.15) is 46.1 Å². The summed E-state index contributed by atoms with van der Waals surface area (Å²) in [5.41, 5.74) is 0.511. The van der Waals surface area contributed by atoms with E-state index in [1.54, 1.807) is 4.90 Å². The van der Waals surface area contributed by atoms with Crippen LogP contribution >= 0.6 is 0 Å². The van der Waals surface area contributed by atoms with Crippen molar-refractivity contribution in [2.45, 2.75) is 52.7 Å². The number of carbonyl (C=O) groups excluding carboxylic acids is 2. The maximum Gasteiger partial charge on any atom is 0.410 e. The zero-order valence-electron chi connectivity index (χ0n) is 16.2. The number of rotatable bonds is 5. The molecular weight excluding hydrogens is 332 g/mol. The molecule has 0 bridgehead atoms. The summed E-state index contributed by atoms with van der Waals surface area (Å²) in [5, 5.41) is 2.99. The monoisotopic (exact) mass is 362 g/mol. The maximum atomic E-state index is 12.4. The Morgan fingerprint density at radius 2 is 1.92 bits per heavy atom. The van der Waals surface area contributed by atoms with Crippen molar-refractivity contribution in [3.05, 3.63) is 29.8 Å². The fourth-order valence-electron chi connectivity index (χ4n) is 2.90. The van der Waals surface area contributed by atoms with Crippen molar-refractivity contribution >= 4 is 12.0 Å². The summed E-state index contributed by atoms with van der Waals surface area (Å²) >= 11 is 0. The lowest BCUT2D eigenvalue weighted by Crippen LogP contribution is -2.44. The predicted molar refractivity (Wildman–Crippen MR) is 100.0 cm³/mol. The van der Waals surface area contributed by atoms with Gasteiger partial charge in [0.2, 0.25) is 5.91 Å². The molecular formula is C20H30N2O4. The summed E-state index contributed by atoms with van der Waals surface area (Å²) in [4.78, 5) is 26.2. The van der Waals surface area contributed by atoms with E-state index in [0.717, 1.165) is 11.3 Å². The Bertz CT molecular complexity index is 616. The Labute approximate surface area is 155 Å². The molecule has 1 aromatic carbocycles. The van der Waals surface area contributed by atoms with E-state index >= 15 is 0 Å². The average Bonchev–Trinajstić information content (AvgIpc) is 2.59. The minimum absolute atomic E-state index is 0.0376. The fraction of sp³-hybridized carbons (Fsp3) is 0.600. The van der Waals surface area contributed by atoms with Crippen LogP contribution in [0.25, 0.3) is 0 Å². The zero-order chi connectivity index (χ0) is 19.2. The van der Waals surface area contributed by atoms with E-state index in [1.165, 1.54) is 0 Å². The lowest BCUT2D eigenvalue weighted by atomic mass is 9.96. The molecule has 26 heavy (non-hydrogen) atoms. The molecule has 0 saturated carbocycles. The topological polar surface area (TPSA) is 67.9 Å². The number of hydrogen-bond donors (Lipinski definition) is 1. The third-order valence-electron chi connectivity index (χ3n) is 4.19. The van der Waals surface area contributed by atoms with Crippen LogP contribution in [0.5, 0.6) is 5.75 Å². The van der Waals surface area contributed by atoms with Gasteiger partial charge in [0.25, 0.3) is 0 Å². The molecule has 144 valence electrons. The molecule has 1 N–H and O–H groups in total. The lowest BCUT2D eigenvalue weighted by Gasteiger charge is -2.32. The maximum absolute atomic E-state index is 12.4. The van der Waals surface area contributed by atoms with Gasteiger partial charge in [0.15, 0.2) is 0 Å². The normalized spacial score (nSPS) is 15.5. The van der Waals surface area contributed by atoms with E-state index in [0.29, 0.717) is 39.1 Å². The van der Waals surface area contributed by atoms with Gasteiger partial charge in [0.1, 0.15) is 11.4 Å². The first-order chi connectivity index (χ1) is 12.3. The van der Waals surface area contributed by atoms with Gasteiger partial charge in [-0.1, -0.05) is 12.1 Å². The Kier molecular flexibility index (Phi) is 6.89. The fourth-order valence-corrected chi connectivity index (χ4v) is 2.90. The number of benzene rings is 1. The van der Waals surface area contributed by atoms with Gasteiger partial charge in [-0.05, 0) is 58.2 Å². The molecule has 6 nitrogen and oxygen atoms in total. The first kappa shape index (κ1) is 20.1. The molecule has 1 aliphatic rings. The second-order valence-electron chi connectivity index (χ2n) is 7.54. The Balaban J connectivity index is 1.78. The number of piperidine rings is 1. The molecule has 0 unspecified atom stereocenters. The van der Waals surface area contributed by atoms with Gasteiger partial charge in [-0.15, -0.1) is 0 Å². The van der Waals surface area contributed by atoms with E-state index in [-0.39, 0.29) is 17.9 Å². The predicted octanol–water partition coefficient (Wildman–Crippen LogP) is 3.35. The standard InChI is InChI=1S/C20H30N2O4/c1-5-25-17-8-6-7-15(13-17)14-21-18(23)16-9-11-22(12-10-16)19(24)26-20(2,3)4/h6-8,13,16H,5,9-12,14H2,1-4H3,(H,21,23). The van der Waals surface area contributed by atoms with Crippen molar-refractivity contribution in [2.75, 3.05) is 19.7 Å². The number of ether oxygens (including phenoxy) is 2. The first-order valence-electron chi connectivity index (χ1n) is 9.26. The van der Waals surface area contributed by atoms with Crippen LogP contribution in [0.4, 0.5) is 4.79 Å². The van der Waals surface area contributed by atoms with Gasteiger partial charge >= 0.3 is 6.09 Å². The number of nitrogens with one attached hydrogen (secondary N) is 1. The van der Waals surface area contributed by atoms with Crippen LogP contribution in [0, 0.1) is 5.92 Å². The molecule has 1 heterocycles. The zero-order valence-corrected chi connectivity index (χ0v) is 16.2. The van der Waals surface area contributed by atoms with E-state index < -0.39 is 5.60 Å². The number of carbonyl (C=O) groups is 2. The van der Waals surface area contributed by atoms with Gasteiger partial charge in [-0.3, -0.25) is 4.79 Å². The number of nitrogens with zero attached hydrogens (tertiary/aromatic N) is 1. The number of likely N-dealkylation sites (tertiary alicyclic amines) is 1. The molecule has 0 spiro atoms.